The van der Waals surface area contributed by atoms with Crippen molar-refractivity contribution in [1.29, 1.82) is 0 Å². The molecular weight excluding hydrogens is 258 g/mol. The molecule has 0 amide bonds. The largest absolute Gasteiger partial charge is 0.465 e. The molecule has 2 N–H and O–H groups in total. The Bertz CT molecular complexity index is 554. The van der Waals surface area contributed by atoms with Gasteiger partial charge in [-0.2, -0.15) is 0 Å². The minimum absolute atomic E-state index is 0.151. The van der Waals surface area contributed by atoms with Gasteiger partial charge in [-0.05, 0) is 24.0 Å². The topological polar surface area (TPSA) is 44.5 Å². The Morgan fingerprint density at radius 2 is 2.21 bits per heavy atom. The molecule has 0 bridgehead atoms. The van der Waals surface area contributed by atoms with Crippen LogP contribution >= 0.6 is 12.2 Å². The standard InChI is InChI=1S/C15H15NO2S/c16-14(19)15-17-9-10-5-1-2-6-11(10)12-7-3-4-8-13(12)18-15/h1,3-5,7-9,13,15H,2,6H2,(H2,16,19)/b10-9?,12-11-. The molecule has 4 heteroatoms. The van der Waals surface area contributed by atoms with Gasteiger partial charge in [-0.1, -0.05) is 48.7 Å². The number of rotatable bonds is 1. The van der Waals surface area contributed by atoms with Crippen molar-refractivity contribution >= 4 is 17.2 Å². The number of nitrogens with two attached hydrogens (primary N) is 1. The van der Waals surface area contributed by atoms with Gasteiger partial charge >= 0.3 is 0 Å². The molecule has 3 nitrogen and oxygen atoms in total. The van der Waals surface area contributed by atoms with Crippen LogP contribution in [0.2, 0.25) is 0 Å². The summed E-state index contributed by atoms with van der Waals surface area (Å²) in [4.78, 5) is 0.211. The van der Waals surface area contributed by atoms with Gasteiger partial charge in [0.1, 0.15) is 11.1 Å². The van der Waals surface area contributed by atoms with Crippen LogP contribution in [0.25, 0.3) is 0 Å². The average molecular weight is 273 g/mol. The molecule has 3 aliphatic rings. The molecular formula is C15H15NO2S. The molecule has 0 aromatic heterocycles. The number of hydrogen-bond donors (Lipinski definition) is 1. The minimum Gasteiger partial charge on any atom is -0.465 e. The highest BCUT2D eigenvalue weighted by molar-refractivity contribution is 7.80. The predicted molar refractivity (Wildman–Crippen MR) is 78.3 cm³/mol. The van der Waals surface area contributed by atoms with Crippen LogP contribution in [0.4, 0.5) is 0 Å². The molecule has 1 heterocycles. The molecule has 0 aromatic rings. The van der Waals surface area contributed by atoms with E-state index in [4.69, 9.17) is 27.4 Å². The highest BCUT2D eigenvalue weighted by atomic mass is 32.1. The quantitative estimate of drug-likeness (QED) is 0.746. The molecule has 19 heavy (non-hydrogen) atoms. The van der Waals surface area contributed by atoms with Gasteiger partial charge in [0.05, 0.1) is 6.26 Å². The molecule has 98 valence electrons. The van der Waals surface area contributed by atoms with Crippen LogP contribution in [0.15, 0.2) is 59.4 Å². The Hall–Kier alpha value is -1.65. The minimum atomic E-state index is -0.685. The number of hydrogen-bond acceptors (Lipinski definition) is 3. The highest BCUT2D eigenvalue weighted by Gasteiger charge is 2.26. The Balaban J connectivity index is 2.06. The molecule has 0 aromatic carbocycles. The van der Waals surface area contributed by atoms with Gasteiger partial charge in [-0.15, -0.1) is 0 Å². The van der Waals surface area contributed by atoms with E-state index in [0.717, 1.165) is 18.4 Å². The molecule has 3 rings (SSSR count). The lowest BCUT2D eigenvalue weighted by Crippen LogP contribution is -2.36. The van der Waals surface area contributed by atoms with E-state index in [1.165, 1.54) is 11.1 Å². The van der Waals surface area contributed by atoms with Crippen molar-refractivity contribution in [3.8, 4) is 0 Å². The summed E-state index contributed by atoms with van der Waals surface area (Å²) in [6, 6.07) is 0. The summed E-state index contributed by atoms with van der Waals surface area (Å²) in [6.45, 7) is 0. The summed E-state index contributed by atoms with van der Waals surface area (Å²) in [6.07, 6.45) is 15.2. The first-order valence-corrected chi connectivity index (χ1v) is 6.72. The number of allylic oxidation sites excluding steroid dienone is 6. The summed E-state index contributed by atoms with van der Waals surface area (Å²) in [5.41, 5.74) is 9.17. The fourth-order valence-electron chi connectivity index (χ4n) is 2.45. The SMILES string of the molecule is NC(=S)C1OC=C2C=CCC/C2=C2\C=CC=CC2O1. The zero-order valence-electron chi connectivity index (χ0n) is 10.4. The predicted octanol–water partition coefficient (Wildman–Crippen LogP) is 2.67. The number of ether oxygens (including phenoxy) is 2. The third-order valence-electron chi connectivity index (χ3n) is 3.36. The van der Waals surface area contributed by atoms with Crippen molar-refractivity contribution in [2.24, 2.45) is 5.73 Å². The first-order chi connectivity index (χ1) is 9.25. The molecule has 0 saturated heterocycles. The van der Waals surface area contributed by atoms with Gasteiger partial charge in [0.15, 0.2) is 0 Å². The van der Waals surface area contributed by atoms with E-state index in [1.807, 2.05) is 18.2 Å². The number of thiocarbonyl (C=S) groups is 1. The molecule has 2 aliphatic carbocycles. The van der Waals surface area contributed by atoms with Crippen LogP contribution in [-0.2, 0) is 9.47 Å². The van der Waals surface area contributed by atoms with Crippen LogP contribution in [0.5, 0.6) is 0 Å². The zero-order valence-corrected chi connectivity index (χ0v) is 11.2. The third-order valence-corrected chi connectivity index (χ3v) is 3.55. The molecule has 0 fully saturated rings. The lowest BCUT2D eigenvalue weighted by atomic mass is 9.87. The Kier molecular flexibility index (Phi) is 3.36. The molecule has 1 aliphatic heterocycles. The van der Waals surface area contributed by atoms with E-state index in [-0.39, 0.29) is 11.1 Å². The maximum atomic E-state index is 5.85. The lowest BCUT2D eigenvalue weighted by Gasteiger charge is -2.29. The second kappa shape index (κ2) is 5.15. The van der Waals surface area contributed by atoms with Crippen molar-refractivity contribution < 1.29 is 9.47 Å². The van der Waals surface area contributed by atoms with Crippen molar-refractivity contribution in [2.45, 2.75) is 25.2 Å². The Morgan fingerprint density at radius 1 is 1.32 bits per heavy atom. The summed E-state index contributed by atoms with van der Waals surface area (Å²) in [7, 11) is 0. The van der Waals surface area contributed by atoms with Gasteiger partial charge < -0.3 is 15.2 Å². The summed E-state index contributed by atoms with van der Waals surface area (Å²) < 4.78 is 11.4. The van der Waals surface area contributed by atoms with Crippen LogP contribution < -0.4 is 5.73 Å². The van der Waals surface area contributed by atoms with E-state index in [9.17, 15) is 0 Å². The average Bonchev–Trinajstić information content (AvgIpc) is 2.41. The van der Waals surface area contributed by atoms with E-state index >= 15 is 0 Å². The second-order valence-electron chi connectivity index (χ2n) is 4.62. The van der Waals surface area contributed by atoms with Crippen molar-refractivity contribution in [2.75, 3.05) is 0 Å². The second-order valence-corrected chi connectivity index (χ2v) is 5.09. The maximum Gasteiger partial charge on any atom is 0.251 e. The molecule has 0 spiro atoms. The van der Waals surface area contributed by atoms with E-state index in [2.05, 4.69) is 18.2 Å². The molecule has 0 saturated carbocycles. The monoisotopic (exact) mass is 273 g/mol. The van der Waals surface area contributed by atoms with Crippen LogP contribution in [0, 0.1) is 0 Å². The van der Waals surface area contributed by atoms with E-state index in [1.54, 1.807) is 6.26 Å². The van der Waals surface area contributed by atoms with Crippen LogP contribution in [0.1, 0.15) is 12.8 Å². The molecule has 2 unspecified atom stereocenters. The fourth-order valence-corrected chi connectivity index (χ4v) is 2.56. The summed E-state index contributed by atoms with van der Waals surface area (Å²) >= 11 is 4.98. The molecule has 0 radical (unpaired) electrons. The van der Waals surface area contributed by atoms with Crippen molar-refractivity contribution in [3.05, 3.63) is 59.4 Å². The zero-order chi connectivity index (χ0) is 13.2. The van der Waals surface area contributed by atoms with Crippen LogP contribution in [-0.4, -0.2) is 17.4 Å². The van der Waals surface area contributed by atoms with Gasteiger partial charge in [0, 0.05) is 5.57 Å². The summed E-state index contributed by atoms with van der Waals surface area (Å²) in [5, 5.41) is 0. The normalized spacial score (nSPS) is 32.5. The van der Waals surface area contributed by atoms with Crippen LogP contribution in [0.3, 0.4) is 0 Å². The maximum absolute atomic E-state index is 5.85. The fraction of sp³-hybridized carbons (Fsp3) is 0.267. The van der Waals surface area contributed by atoms with Crippen molar-refractivity contribution in [1.82, 2.24) is 0 Å². The van der Waals surface area contributed by atoms with Gasteiger partial charge in [0.25, 0.3) is 6.29 Å². The Labute approximate surface area is 117 Å². The Morgan fingerprint density at radius 3 is 3.05 bits per heavy atom. The number of fused-ring (bicyclic) bond motifs is 2. The summed E-state index contributed by atoms with van der Waals surface area (Å²) in [5.74, 6) is 0. The third kappa shape index (κ3) is 2.41. The van der Waals surface area contributed by atoms with Gasteiger partial charge in [0.2, 0.25) is 0 Å². The first-order valence-electron chi connectivity index (χ1n) is 6.31. The van der Waals surface area contributed by atoms with E-state index < -0.39 is 6.29 Å². The van der Waals surface area contributed by atoms with E-state index in [0.29, 0.717) is 0 Å². The highest BCUT2D eigenvalue weighted by Crippen LogP contribution is 2.33. The molecule has 2 atom stereocenters. The van der Waals surface area contributed by atoms with Gasteiger partial charge in [-0.3, -0.25) is 0 Å². The lowest BCUT2D eigenvalue weighted by molar-refractivity contribution is -0.0727. The smallest absolute Gasteiger partial charge is 0.251 e. The van der Waals surface area contributed by atoms with Gasteiger partial charge in [-0.25, -0.2) is 0 Å². The van der Waals surface area contributed by atoms with Crippen molar-refractivity contribution in [3.63, 3.8) is 0 Å². The first kappa shape index (κ1) is 12.4.